The largest absolute Gasteiger partial charge is 0.416 e. The molecule has 198 valence electrons. The molecule has 0 unspecified atom stereocenters. The van der Waals surface area contributed by atoms with Gasteiger partial charge in [0.15, 0.2) is 0 Å². The van der Waals surface area contributed by atoms with Crippen molar-refractivity contribution < 1.29 is 27.5 Å². The van der Waals surface area contributed by atoms with Gasteiger partial charge in [-0.15, -0.1) is 0 Å². The lowest BCUT2D eigenvalue weighted by molar-refractivity contribution is -0.137. The molecule has 2 atom stereocenters. The lowest BCUT2D eigenvalue weighted by atomic mass is 9.95. The first-order chi connectivity index (χ1) is 17.6. The number of carbonyl (C=O) groups is 2. The number of alkyl halides is 3. The minimum Gasteiger partial charge on any atom is -0.379 e. The number of para-hydroxylation sites is 1. The maximum Gasteiger partial charge on any atom is 0.416 e. The van der Waals surface area contributed by atoms with Crippen LogP contribution in [-0.4, -0.2) is 73.7 Å². The molecule has 1 aromatic heterocycles. The van der Waals surface area contributed by atoms with E-state index >= 15 is 0 Å². The number of aryl methyl sites for hydroxylation is 2. The van der Waals surface area contributed by atoms with E-state index in [2.05, 4.69) is 20.1 Å². The van der Waals surface area contributed by atoms with E-state index in [1.54, 1.807) is 0 Å². The first-order valence-corrected chi connectivity index (χ1v) is 12.5. The molecule has 0 aliphatic carbocycles. The molecule has 1 N–H and O–H groups in total. The monoisotopic (exact) mass is 517 g/mol. The minimum absolute atomic E-state index is 0.0460. The van der Waals surface area contributed by atoms with Crippen LogP contribution in [0.3, 0.4) is 0 Å². The van der Waals surface area contributed by atoms with Crippen molar-refractivity contribution in [2.45, 2.75) is 32.5 Å². The molecule has 5 rings (SSSR count). The van der Waals surface area contributed by atoms with Gasteiger partial charge in [-0.25, -0.2) is 4.98 Å². The molecule has 0 saturated carbocycles. The van der Waals surface area contributed by atoms with E-state index in [0.717, 1.165) is 47.9 Å². The summed E-state index contributed by atoms with van der Waals surface area (Å²) in [6.07, 6.45) is -4.55. The van der Waals surface area contributed by atoms with Crippen molar-refractivity contribution in [1.82, 2.24) is 9.88 Å². The average molecular weight is 518 g/mol. The standard InChI is InChI=1S/C26H30F3N5O3/c1-16-4-3-5-20-23(16)33(7-6-32-8-10-37-11-9-32)15-18-13-22(35)34(24(18)25(36)31-20)21-14-19(26(27,28)29)12-17(2)30-21/h3-5,12,14,18,24H,6-11,13,15H2,1-2H3,(H,31,36)/t18-,24+/m1/s1. The van der Waals surface area contributed by atoms with Crippen molar-refractivity contribution in [1.29, 1.82) is 0 Å². The molecule has 11 heteroatoms. The van der Waals surface area contributed by atoms with Crippen molar-refractivity contribution in [3.8, 4) is 0 Å². The van der Waals surface area contributed by atoms with Gasteiger partial charge in [-0.2, -0.15) is 13.2 Å². The highest BCUT2D eigenvalue weighted by atomic mass is 19.4. The van der Waals surface area contributed by atoms with E-state index in [4.69, 9.17) is 4.74 Å². The molecule has 4 heterocycles. The quantitative estimate of drug-likeness (QED) is 0.671. The van der Waals surface area contributed by atoms with Crippen molar-refractivity contribution in [3.63, 3.8) is 0 Å². The summed E-state index contributed by atoms with van der Waals surface area (Å²) < 4.78 is 46.0. The molecule has 37 heavy (non-hydrogen) atoms. The van der Waals surface area contributed by atoms with E-state index in [-0.39, 0.29) is 17.9 Å². The van der Waals surface area contributed by atoms with Gasteiger partial charge in [0.25, 0.3) is 0 Å². The van der Waals surface area contributed by atoms with Crippen molar-refractivity contribution in [2.75, 3.05) is 61.1 Å². The zero-order chi connectivity index (χ0) is 26.3. The van der Waals surface area contributed by atoms with E-state index in [1.165, 1.54) is 6.92 Å². The van der Waals surface area contributed by atoms with Crippen LogP contribution in [0.2, 0.25) is 0 Å². The van der Waals surface area contributed by atoms with Gasteiger partial charge >= 0.3 is 6.18 Å². The summed E-state index contributed by atoms with van der Waals surface area (Å²) in [6, 6.07) is 6.47. The highest BCUT2D eigenvalue weighted by Gasteiger charge is 2.48. The fourth-order valence-corrected chi connectivity index (χ4v) is 5.55. The summed E-state index contributed by atoms with van der Waals surface area (Å²) >= 11 is 0. The molecule has 0 radical (unpaired) electrons. The number of carbonyl (C=O) groups excluding carboxylic acids is 2. The van der Waals surface area contributed by atoms with Crippen LogP contribution in [0.15, 0.2) is 30.3 Å². The molecular formula is C26H30F3N5O3. The zero-order valence-electron chi connectivity index (χ0n) is 20.8. The second-order valence-corrected chi connectivity index (χ2v) is 9.89. The number of pyridine rings is 1. The van der Waals surface area contributed by atoms with Crippen LogP contribution < -0.4 is 15.1 Å². The number of aromatic nitrogens is 1. The second-order valence-electron chi connectivity index (χ2n) is 9.89. The Balaban J connectivity index is 1.50. The van der Waals surface area contributed by atoms with E-state index in [0.29, 0.717) is 32.0 Å². The molecule has 1 aromatic carbocycles. The number of anilines is 3. The van der Waals surface area contributed by atoms with Gasteiger partial charge < -0.3 is 15.0 Å². The highest BCUT2D eigenvalue weighted by molar-refractivity contribution is 6.09. The number of fused-ring (bicyclic) bond motifs is 2. The Hall–Kier alpha value is -3.18. The molecule has 0 bridgehead atoms. The lowest BCUT2D eigenvalue weighted by Crippen LogP contribution is -2.50. The number of nitrogens with zero attached hydrogens (tertiary/aromatic N) is 4. The zero-order valence-corrected chi connectivity index (χ0v) is 20.8. The number of ether oxygens (including phenoxy) is 1. The maximum atomic E-state index is 13.5. The van der Waals surface area contributed by atoms with Crippen LogP contribution in [-0.2, 0) is 20.5 Å². The number of rotatable bonds is 4. The molecular weight excluding hydrogens is 487 g/mol. The van der Waals surface area contributed by atoms with Crippen molar-refractivity contribution in [2.24, 2.45) is 5.92 Å². The predicted molar refractivity (Wildman–Crippen MR) is 133 cm³/mol. The normalized spacial score (nSPS) is 22.8. The fourth-order valence-electron chi connectivity index (χ4n) is 5.55. The number of nitrogens with one attached hydrogen (secondary N) is 1. The second kappa shape index (κ2) is 9.94. The summed E-state index contributed by atoms with van der Waals surface area (Å²) in [7, 11) is 0. The smallest absolute Gasteiger partial charge is 0.379 e. The molecule has 3 aliphatic heterocycles. The van der Waals surface area contributed by atoms with Crippen LogP contribution in [0.4, 0.5) is 30.4 Å². The number of halogens is 3. The SMILES string of the molecule is Cc1cc(C(F)(F)F)cc(N2C(=O)C[C@@H]3CN(CCN4CCOCC4)c4c(C)cccc4NC(=O)[C@H]32)n1. The van der Waals surface area contributed by atoms with Gasteiger partial charge in [0.2, 0.25) is 11.8 Å². The topological polar surface area (TPSA) is 78.0 Å². The van der Waals surface area contributed by atoms with Crippen LogP contribution in [0, 0.1) is 19.8 Å². The van der Waals surface area contributed by atoms with Crippen molar-refractivity contribution >= 4 is 29.0 Å². The summed E-state index contributed by atoms with van der Waals surface area (Å²) in [4.78, 5) is 36.6. The van der Waals surface area contributed by atoms with Crippen molar-refractivity contribution in [3.05, 3.63) is 47.2 Å². The maximum absolute atomic E-state index is 13.5. The molecule has 2 amide bonds. The molecule has 2 aromatic rings. The van der Waals surface area contributed by atoms with Gasteiger partial charge in [-0.05, 0) is 37.6 Å². The number of amides is 2. The molecule has 3 aliphatic rings. The third-order valence-corrected chi connectivity index (χ3v) is 7.27. The number of morpholine rings is 1. The first kappa shape index (κ1) is 25.5. The average Bonchev–Trinajstić information content (AvgIpc) is 3.16. The fraction of sp³-hybridized carbons (Fsp3) is 0.500. The predicted octanol–water partition coefficient (Wildman–Crippen LogP) is 3.23. The van der Waals surface area contributed by atoms with Gasteiger partial charge in [-0.3, -0.25) is 19.4 Å². The Morgan fingerprint density at radius 1 is 1.11 bits per heavy atom. The minimum atomic E-state index is -4.60. The van der Waals surface area contributed by atoms with Gasteiger partial charge in [0.1, 0.15) is 11.9 Å². The van der Waals surface area contributed by atoms with Crippen LogP contribution in [0.5, 0.6) is 0 Å². The van der Waals surface area contributed by atoms with Crippen LogP contribution in [0.25, 0.3) is 0 Å². The van der Waals surface area contributed by atoms with Crippen LogP contribution >= 0.6 is 0 Å². The highest BCUT2D eigenvalue weighted by Crippen LogP contribution is 2.39. The first-order valence-electron chi connectivity index (χ1n) is 12.5. The third-order valence-electron chi connectivity index (χ3n) is 7.27. The van der Waals surface area contributed by atoms with Gasteiger partial charge in [0, 0.05) is 50.8 Å². The Bertz CT molecular complexity index is 1200. The summed E-state index contributed by atoms with van der Waals surface area (Å²) in [5, 5.41) is 2.96. The summed E-state index contributed by atoms with van der Waals surface area (Å²) in [6.45, 7) is 8.34. The summed E-state index contributed by atoms with van der Waals surface area (Å²) in [5.41, 5.74) is 1.75. The molecule has 0 spiro atoms. The Morgan fingerprint density at radius 2 is 1.86 bits per heavy atom. The van der Waals surface area contributed by atoms with Gasteiger partial charge in [0.05, 0.1) is 30.2 Å². The lowest BCUT2D eigenvalue weighted by Gasteiger charge is -2.38. The number of hydrogen-bond donors (Lipinski definition) is 1. The molecule has 8 nitrogen and oxygen atoms in total. The van der Waals surface area contributed by atoms with E-state index < -0.39 is 35.5 Å². The summed E-state index contributed by atoms with van der Waals surface area (Å²) in [5.74, 6) is -1.40. The van der Waals surface area contributed by atoms with E-state index in [1.807, 2.05) is 25.1 Å². The third kappa shape index (κ3) is 5.15. The van der Waals surface area contributed by atoms with Gasteiger partial charge in [-0.1, -0.05) is 12.1 Å². The molecule has 2 fully saturated rings. The number of benzene rings is 1. The Morgan fingerprint density at radius 3 is 2.59 bits per heavy atom. The molecule has 2 saturated heterocycles. The van der Waals surface area contributed by atoms with Crippen LogP contribution in [0.1, 0.15) is 23.2 Å². The Labute approximate surface area is 213 Å². The Kier molecular flexibility index (Phi) is 6.84. The van der Waals surface area contributed by atoms with E-state index in [9.17, 15) is 22.8 Å². The number of hydrogen-bond acceptors (Lipinski definition) is 6.